The second-order valence-corrected chi connectivity index (χ2v) is 6.79. The van der Waals surface area contributed by atoms with Crippen LogP contribution in [0.25, 0.3) is 0 Å². The van der Waals surface area contributed by atoms with Crippen molar-refractivity contribution in [2.24, 2.45) is 0 Å². The molecule has 5 nitrogen and oxygen atoms in total. The van der Waals surface area contributed by atoms with E-state index in [9.17, 15) is 31.5 Å². The fraction of sp³-hybridized carbons (Fsp3) is 0.130. The average Bonchev–Trinajstić information content (AvgIpc) is 2.78. The quantitative estimate of drug-likeness (QED) is 0.488. The van der Waals surface area contributed by atoms with Crippen LogP contribution >= 0.6 is 0 Å². The Morgan fingerprint density at radius 2 is 1.61 bits per heavy atom. The van der Waals surface area contributed by atoms with Gasteiger partial charge in [-0.1, -0.05) is 30.3 Å². The molecule has 0 saturated carbocycles. The van der Waals surface area contributed by atoms with Gasteiger partial charge >= 0.3 is 6.18 Å². The number of hydrogen-bond donors (Lipinski definition) is 2. The van der Waals surface area contributed by atoms with E-state index in [0.29, 0.717) is 6.07 Å². The highest BCUT2D eigenvalue weighted by Gasteiger charge is 2.33. The molecule has 0 fully saturated rings. The molecule has 0 aliphatic rings. The van der Waals surface area contributed by atoms with Gasteiger partial charge in [0.15, 0.2) is 6.61 Å². The van der Waals surface area contributed by atoms with Crippen LogP contribution in [0.5, 0.6) is 5.75 Å². The van der Waals surface area contributed by atoms with Crippen LogP contribution < -0.4 is 15.4 Å². The third-order valence-corrected chi connectivity index (χ3v) is 4.46. The molecule has 2 amide bonds. The third-order valence-electron chi connectivity index (χ3n) is 4.46. The van der Waals surface area contributed by atoms with Crippen molar-refractivity contribution >= 4 is 17.5 Å². The molecular formula is C23H17F5N2O3. The fourth-order valence-corrected chi connectivity index (χ4v) is 2.91. The molecule has 0 atom stereocenters. The van der Waals surface area contributed by atoms with E-state index < -0.39 is 48.3 Å². The van der Waals surface area contributed by atoms with Crippen molar-refractivity contribution in [2.45, 2.75) is 12.7 Å². The molecule has 2 N–H and O–H groups in total. The van der Waals surface area contributed by atoms with Crippen molar-refractivity contribution in [1.82, 2.24) is 5.32 Å². The average molecular weight is 464 g/mol. The van der Waals surface area contributed by atoms with Crippen LogP contribution in [0.15, 0.2) is 66.7 Å². The fourth-order valence-electron chi connectivity index (χ4n) is 2.91. The Morgan fingerprint density at radius 1 is 0.909 bits per heavy atom. The molecule has 3 aromatic rings. The Bertz CT molecular complexity index is 1160. The first-order valence-corrected chi connectivity index (χ1v) is 9.55. The van der Waals surface area contributed by atoms with Crippen LogP contribution in [0.2, 0.25) is 0 Å². The van der Waals surface area contributed by atoms with Crippen molar-refractivity contribution in [1.29, 1.82) is 0 Å². The molecule has 0 bridgehead atoms. The van der Waals surface area contributed by atoms with E-state index in [-0.39, 0.29) is 22.6 Å². The van der Waals surface area contributed by atoms with Crippen molar-refractivity contribution in [3.05, 3.63) is 95.1 Å². The molecule has 0 unspecified atom stereocenters. The van der Waals surface area contributed by atoms with Gasteiger partial charge in [0.05, 0.1) is 16.8 Å². The van der Waals surface area contributed by atoms with Crippen LogP contribution in [0, 0.1) is 11.6 Å². The number of ether oxygens (including phenoxy) is 1. The molecule has 0 aliphatic heterocycles. The number of carbonyl (C=O) groups is 2. The van der Waals surface area contributed by atoms with Crippen LogP contribution in [-0.2, 0) is 17.5 Å². The Hall–Kier alpha value is -3.95. The Morgan fingerprint density at radius 3 is 2.33 bits per heavy atom. The first kappa shape index (κ1) is 23.7. The van der Waals surface area contributed by atoms with Gasteiger partial charge in [0.25, 0.3) is 11.8 Å². The summed E-state index contributed by atoms with van der Waals surface area (Å²) >= 11 is 0. The Labute approximate surface area is 185 Å². The van der Waals surface area contributed by atoms with Crippen molar-refractivity contribution < 1.29 is 36.3 Å². The molecule has 10 heteroatoms. The number of amides is 2. The molecule has 0 aliphatic carbocycles. The second-order valence-electron chi connectivity index (χ2n) is 6.79. The number of halogens is 5. The first-order valence-electron chi connectivity index (χ1n) is 9.55. The summed E-state index contributed by atoms with van der Waals surface area (Å²) < 4.78 is 71.6. The summed E-state index contributed by atoms with van der Waals surface area (Å²) in [5, 5.41) is 4.66. The highest BCUT2D eigenvalue weighted by molar-refractivity contribution is 5.97. The summed E-state index contributed by atoms with van der Waals surface area (Å²) in [5.41, 5.74) is -1.60. The van der Waals surface area contributed by atoms with Crippen molar-refractivity contribution in [2.75, 3.05) is 11.9 Å². The highest BCUT2D eigenvalue weighted by Crippen LogP contribution is 2.32. The predicted octanol–water partition coefficient (Wildman–Crippen LogP) is 4.93. The summed E-state index contributed by atoms with van der Waals surface area (Å²) in [4.78, 5) is 24.6. The molecule has 0 heterocycles. The van der Waals surface area contributed by atoms with Gasteiger partial charge in [-0.3, -0.25) is 9.59 Å². The summed E-state index contributed by atoms with van der Waals surface area (Å²) in [5.74, 6) is -3.14. The standard InChI is InChI=1S/C23H17F5N2O3/c24-15-10-9-14(17(11-15)23(26,27)28)12-29-22(32)16-5-1-4-8-20(16)33-13-21(31)30-19-7-3-2-6-18(19)25/h1-11H,12-13H2,(H,29,32)(H,30,31). The summed E-state index contributed by atoms with van der Waals surface area (Å²) in [6.45, 7) is -1.06. The van der Waals surface area contributed by atoms with Gasteiger partial charge in [-0.05, 0) is 42.0 Å². The number of anilines is 1. The van der Waals surface area contributed by atoms with Crippen LogP contribution in [-0.4, -0.2) is 18.4 Å². The maximum Gasteiger partial charge on any atom is 0.416 e. The SMILES string of the molecule is O=C(COc1ccccc1C(=O)NCc1ccc(F)cc1C(F)(F)F)Nc1ccccc1F. The molecule has 0 radical (unpaired) electrons. The molecule has 0 saturated heterocycles. The monoisotopic (exact) mass is 464 g/mol. The topological polar surface area (TPSA) is 67.4 Å². The van der Waals surface area contributed by atoms with E-state index in [4.69, 9.17) is 4.74 Å². The number of carbonyl (C=O) groups excluding carboxylic acids is 2. The number of nitrogens with one attached hydrogen (secondary N) is 2. The van der Waals surface area contributed by atoms with Gasteiger partial charge in [-0.2, -0.15) is 13.2 Å². The van der Waals surface area contributed by atoms with E-state index in [1.807, 2.05) is 0 Å². The smallest absolute Gasteiger partial charge is 0.416 e. The Kier molecular flexibility index (Phi) is 7.27. The lowest BCUT2D eigenvalue weighted by molar-refractivity contribution is -0.138. The zero-order chi connectivity index (χ0) is 24.0. The van der Waals surface area contributed by atoms with Crippen LogP contribution in [0.1, 0.15) is 21.5 Å². The molecule has 3 rings (SSSR count). The maximum atomic E-state index is 13.6. The Balaban J connectivity index is 1.66. The lowest BCUT2D eigenvalue weighted by atomic mass is 10.1. The molecule has 33 heavy (non-hydrogen) atoms. The molecule has 172 valence electrons. The van der Waals surface area contributed by atoms with Gasteiger partial charge in [0, 0.05) is 6.54 Å². The highest BCUT2D eigenvalue weighted by atomic mass is 19.4. The minimum atomic E-state index is -4.80. The van der Waals surface area contributed by atoms with Crippen molar-refractivity contribution in [3.63, 3.8) is 0 Å². The lowest BCUT2D eigenvalue weighted by Gasteiger charge is -2.15. The molecule has 0 aromatic heterocycles. The largest absolute Gasteiger partial charge is 0.483 e. The van der Waals surface area contributed by atoms with E-state index in [0.717, 1.165) is 12.1 Å². The number of alkyl halides is 3. The summed E-state index contributed by atoms with van der Waals surface area (Å²) in [7, 11) is 0. The maximum absolute atomic E-state index is 13.6. The van der Waals surface area contributed by atoms with E-state index >= 15 is 0 Å². The normalized spacial score (nSPS) is 11.1. The van der Waals surface area contributed by atoms with Crippen LogP contribution in [0.3, 0.4) is 0 Å². The number of rotatable bonds is 7. The number of benzene rings is 3. The summed E-state index contributed by atoms with van der Waals surface area (Å²) in [6.07, 6.45) is -4.80. The zero-order valence-electron chi connectivity index (χ0n) is 16.9. The zero-order valence-corrected chi connectivity index (χ0v) is 16.9. The molecule has 0 spiro atoms. The third kappa shape index (κ3) is 6.28. The van der Waals surface area contributed by atoms with Crippen LogP contribution in [0.4, 0.5) is 27.6 Å². The lowest BCUT2D eigenvalue weighted by Crippen LogP contribution is -2.26. The van der Waals surface area contributed by atoms with E-state index in [1.54, 1.807) is 0 Å². The second kappa shape index (κ2) is 10.1. The van der Waals surface area contributed by atoms with E-state index in [1.165, 1.54) is 48.5 Å². The number of para-hydroxylation sites is 2. The molecular weight excluding hydrogens is 447 g/mol. The molecule has 3 aromatic carbocycles. The minimum absolute atomic E-state index is 0.00571. The minimum Gasteiger partial charge on any atom is -0.483 e. The van der Waals surface area contributed by atoms with Crippen molar-refractivity contribution in [3.8, 4) is 5.75 Å². The van der Waals surface area contributed by atoms with Gasteiger partial charge in [-0.25, -0.2) is 8.78 Å². The van der Waals surface area contributed by atoms with Gasteiger partial charge < -0.3 is 15.4 Å². The van der Waals surface area contributed by atoms with Gasteiger partial charge in [0.1, 0.15) is 17.4 Å². The summed E-state index contributed by atoms with van der Waals surface area (Å²) in [6, 6.07) is 13.5. The first-order chi connectivity index (χ1) is 15.6. The van der Waals surface area contributed by atoms with Gasteiger partial charge in [0.2, 0.25) is 0 Å². The van der Waals surface area contributed by atoms with E-state index in [2.05, 4.69) is 10.6 Å². The predicted molar refractivity (Wildman–Crippen MR) is 110 cm³/mol. The van der Waals surface area contributed by atoms with Gasteiger partial charge in [-0.15, -0.1) is 0 Å². The number of hydrogen-bond acceptors (Lipinski definition) is 3.